The summed E-state index contributed by atoms with van der Waals surface area (Å²) in [5.74, 6) is -0.133. The lowest BCUT2D eigenvalue weighted by atomic mass is 10.1. The van der Waals surface area contributed by atoms with Gasteiger partial charge in [-0.1, -0.05) is 48.5 Å². The zero-order valence-electron chi connectivity index (χ0n) is 17.1. The van der Waals surface area contributed by atoms with E-state index < -0.39 is 5.91 Å². The number of amides is 2. The van der Waals surface area contributed by atoms with Gasteiger partial charge in [0.1, 0.15) is 5.75 Å². The normalized spacial score (nSPS) is 11.0. The van der Waals surface area contributed by atoms with Crippen LogP contribution in [0.15, 0.2) is 60.7 Å². The van der Waals surface area contributed by atoms with E-state index >= 15 is 0 Å². The van der Waals surface area contributed by atoms with E-state index in [0.29, 0.717) is 12.4 Å². The number of primary amides is 1. The molecule has 6 heteroatoms. The maximum Gasteiger partial charge on any atom is 0.247 e. The standard InChI is InChI=1S/C23H29N3O3/c1-25(2)15-8-16-29-21-12-7-6-11-20(21)17-26(18-22(24)27)23(28)14-13-19-9-4-3-5-10-19/h3-7,9-14H,8,15-18H2,1-2H3,(H2,24,27)/b14-13-. The smallest absolute Gasteiger partial charge is 0.247 e. The molecule has 0 bridgehead atoms. The summed E-state index contributed by atoms with van der Waals surface area (Å²) in [6.45, 7) is 1.59. The molecule has 0 aliphatic rings. The monoisotopic (exact) mass is 395 g/mol. The minimum absolute atomic E-state index is 0.160. The molecule has 29 heavy (non-hydrogen) atoms. The Bertz CT molecular complexity index is 819. The molecule has 154 valence electrons. The minimum Gasteiger partial charge on any atom is -0.493 e. The van der Waals surface area contributed by atoms with Crippen LogP contribution in [0.2, 0.25) is 0 Å². The van der Waals surface area contributed by atoms with Crippen LogP contribution in [-0.4, -0.2) is 55.4 Å². The van der Waals surface area contributed by atoms with Crippen molar-refractivity contribution in [3.8, 4) is 5.75 Å². The van der Waals surface area contributed by atoms with Crippen LogP contribution < -0.4 is 10.5 Å². The van der Waals surface area contributed by atoms with Crippen LogP contribution in [0.25, 0.3) is 6.08 Å². The fraction of sp³-hybridized carbons (Fsp3) is 0.304. The van der Waals surface area contributed by atoms with Gasteiger partial charge in [0.15, 0.2) is 0 Å². The predicted molar refractivity (Wildman–Crippen MR) is 115 cm³/mol. The zero-order chi connectivity index (χ0) is 21.1. The molecule has 0 radical (unpaired) electrons. The van der Waals surface area contributed by atoms with E-state index in [4.69, 9.17) is 10.5 Å². The highest BCUT2D eigenvalue weighted by Gasteiger charge is 2.16. The van der Waals surface area contributed by atoms with Gasteiger partial charge in [-0.15, -0.1) is 0 Å². The molecule has 0 aliphatic heterocycles. The first-order valence-corrected chi connectivity index (χ1v) is 9.61. The highest BCUT2D eigenvalue weighted by molar-refractivity contribution is 5.94. The summed E-state index contributed by atoms with van der Waals surface area (Å²) in [5.41, 5.74) is 7.10. The molecule has 0 aromatic heterocycles. The lowest BCUT2D eigenvalue weighted by Gasteiger charge is -2.21. The molecule has 2 aromatic carbocycles. The van der Waals surface area contributed by atoms with Gasteiger partial charge in [-0.05, 0) is 38.2 Å². The van der Waals surface area contributed by atoms with Crippen LogP contribution in [0.4, 0.5) is 0 Å². The number of hydrogen-bond acceptors (Lipinski definition) is 4. The van der Waals surface area contributed by atoms with Gasteiger partial charge >= 0.3 is 0 Å². The van der Waals surface area contributed by atoms with E-state index in [-0.39, 0.29) is 19.0 Å². The van der Waals surface area contributed by atoms with Crippen molar-refractivity contribution < 1.29 is 14.3 Å². The lowest BCUT2D eigenvalue weighted by Crippen LogP contribution is -2.37. The number of nitrogens with zero attached hydrogens (tertiary/aromatic N) is 2. The summed E-state index contributed by atoms with van der Waals surface area (Å²) < 4.78 is 5.90. The minimum atomic E-state index is -0.559. The fourth-order valence-corrected chi connectivity index (χ4v) is 2.78. The Morgan fingerprint density at radius 3 is 2.41 bits per heavy atom. The van der Waals surface area contributed by atoms with Crippen molar-refractivity contribution in [2.45, 2.75) is 13.0 Å². The van der Waals surface area contributed by atoms with Gasteiger partial charge in [0, 0.05) is 18.2 Å². The molecular formula is C23H29N3O3. The molecule has 0 unspecified atom stereocenters. The number of rotatable bonds is 11. The molecule has 0 saturated heterocycles. The Labute approximate surface area is 172 Å². The van der Waals surface area contributed by atoms with Crippen LogP contribution in [0.3, 0.4) is 0 Å². The second kappa shape index (κ2) is 11.7. The quantitative estimate of drug-likeness (QED) is 0.469. The van der Waals surface area contributed by atoms with Crippen molar-refractivity contribution in [2.24, 2.45) is 5.73 Å². The van der Waals surface area contributed by atoms with Gasteiger partial charge in [-0.2, -0.15) is 0 Å². The van der Waals surface area contributed by atoms with E-state index in [1.807, 2.05) is 68.7 Å². The molecular weight excluding hydrogens is 366 g/mol. The SMILES string of the molecule is CN(C)CCCOc1ccccc1CN(CC(N)=O)C(=O)/C=C\c1ccccc1. The third-order valence-corrected chi connectivity index (χ3v) is 4.22. The summed E-state index contributed by atoms with van der Waals surface area (Å²) >= 11 is 0. The van der Waals surface area contributed by atoms with Crippen LogP contribution in [-0.2, 0) is 16.1 Å². The average Bonchev–Trinajstić information content (AvgIpc) is 2.70. The van der Waals surface area contributed by atoms with Crippen molar-refractivity contribution >= 4 is 17.9 Å². The molecule has 6 nitrogen and oxygen atoms in total. The largest absolute Gasteiger partial charge is 0.493 e. The molecule has 2 amide bonds. The highest BCUT2D eigenvalue weighted by Crippen LogP contribution is 2.20. The number of nitrogens with two attached hydrogens (primary N) is 1. The molecule has 2 aromatic rings. The lowest BCUT2D eigenvalue weighted by molar-refractivity contribution is -0.131. The Hall–Kier alpha value is -3.12. The first-order chi connectivity index (χ1) is 14.0. The number of carbonyl (C=O) groups is 2. The van der Waals surface area contributed by atoms with E-state index in [0.717, 1.165) is 24.1 Å². The molecule has 0 aliphatic carbocycles. The summed E-state index contributed by atoms with van der Waals surface area (Å²) in [5, 5.41) is 0. The van der Waals surface area contributed by atoms with Gasteiger partial charge in [-0.25, -0.2) is 0 Å². The predicted octanol–water partition coefficient (Wildman–Crippen LogP) is 2.54. The van der Waals surface area contributed by atoms with Crippen LogP contribution in [0, 0.1) is 0 Å². The molecule has 0 atom stereocenters. The van der Waals surface area contributed by atoms with Crippen molar-refractivity contribution in [3.63, 3.8) is 0 Å². The number of ether oxygens (including phenoxy) is 1. The number of carbonyl (C=O) groups excluding carboxylic acids is 2. The van der Waals surface area contributed by atoms with Gasteiger partial charge in [0.2, 0.25) is 11.8 Å². The zero-order valence-corrected chi connectivity index (χ0v) is 17.1. The van der Waals surface area contributed by atoms with Gasteiger partial charge < -0.3 is 20.3 Å². The molecule has 2 N–H and O–H groups in total. The number of hydrogen-bond donors (Lipinski definition) is 1. The van der Waals surface area contributed by atoms with Crippen molar-refractivity contribution in [1.82, 2.24) is 9.80 Å². The van der Waals surface area contributed by atoms with E-state index in [1.165, 1.54) is 11.0 Å². The first kappa shape index (κ1) is 22.2. The van der Waals surface area contributed by atoms with E-state index in [2.05, 4.69) is 4.90 Å². The highest BCUT2D eigenvalue weighted by atomic mass is 16.5. The van der Waals surface area contributed by atoms with Crippen molar-refractivity contribution in [2.75, 3.05) is 33.8 Å². The first-order valence-electron chi connectivity index (χ1n) is 9.61. The number of para-hydroxylation sites is 1. The third-order valence-electron chi connectivity index (χ3n) is 4.22. The van der Waals surface area contributed by atoms with Gasteiger partial charge in [0.25, 0.3) is 0 Å². The van der Waals surface area contributed by atoms with E-state index in [9.17, 15) is 9.59 Å². The van der Waals surface area contributed by atoms with E-state index in [1.54, 1.807) is 6.08 Å². The van der Waals surface area contributed by atoms with Gasteiger partial charge in [0.05, 0.1) is 19.7 Å². The summed E-state index contributed by atoms with van der Waals surface area (Å²) in [6, 6.07) is 17.0. The number of benzene rings is 2. The maximum atomic E-state index is 12.7. The average molecular weight is 396 g/mol. The third kappa shape index (κ3) is 8.19. The summed E-state index contributed by atoms with van der Waals surface area (Å²) in [7, 11) is 4.04. The fourth-order valence-electron chi connectivity index (χ4n) is 2.78. The molecule has 0 heterocycles. The molecule has 0 fully saturated rings. The molecule has 0 spiro atoms. The Kier molecular flexibility index (Phi) is 8.92. The molecule has 0 saturated carbocycles. The van der Waals surface area contributed by atoms with Crippen LogP contribution in [0.5, 0.6) is 5.75 Å². The van der Waals surface area contributed by atoms with Crippen LogP contribution >= 0.6 is 0 Å². The second-order valence-corrected chi connectivity index (χ2v) is 7.02. The Balaban J connectivity index is 2.08. The molecule has 2 rings (SSSR count). The Morgan fingerprint density at radius 1 is 1.03 bits per heavy atom. The van der Waals surface area contributed by atoms with Crippen LogP contribution in [0.1, 0.15) is 17.5 Å². The second-order valence-electron chi connectivity index (χ2n) is 7.02. The summed E-state index contributed by atoms with van der Waals surface area (Å²) in [4.78, 5) is 27.7. The van der Waals surface area contributed by atoms with Gasteiger partial charge in [-0.3, -0.25) is 9.59 Å². The Morgan fingerprint density at radius 2 is 1.72 bits per heavy atom. The van der Waals surface area contributed by atoms with Crippen molar-refractivity contribution in [1.29, 1.82) is 0 Å². The summed E-state index contributed by atoms with van der Waals surface area (Å²) in [6.07, 6.45) is 4.07. The topological polar surface area (TPSA) is 75.9 Å². The maximum absolute atomic E-state index is 12.7. The van der Waals surface area contributed by atoms with Crippen molar-refractivity contribution in [3.05, 3.63) is 71.8 Å².